The molecule has 0 aliphatic carbocycles. The predicted molar refractivity (Wildman–Crippen MR) is 40.9 cm³/mol. The molecule has 0 amide bonds. The van der Waals surface area contributed by atoms with Gasteiger partial charge in [0.1, 0.15) is 0 Å². The van der Waals surface area contributed by atoms with E-state index in [1.54, 1.807) is 0 Å². The second-order valence-electron chi connectivity index (χ2n) is 1.96. The minimum atomic E-state index is -1.55. The van der Waals surface area contributed by atoms with Crippen molar-refractivity contribution in [1.29, 1.82) is 0 Å². The zero-order valence-corrected chi connectivity index (χ0v) is 16.6. The number of hydrogen-bond acceptors (Lipinski definition) is 7. The van der Waals surface area contributed by atoms with E-state index in [-0.39, 0.29) is 88.7 Å². The van der Waals surface area contributed by atoms with Gasteiger partial charge in [-0.25, -0.2) is 4.79 Å². The van der Waals surface area contributed by atoms with Gasteiger partial charge in [-0.2, -0.15) is 0 Å². The van der Waals surface area contributed by atoms with Crippen LogP contribution >= 0.6 is 0 Å². The normalized spacial score (nSPS) is 8.00. The van der Waals surface area contributed by atoms with Gasteiger partial charge in [0.15, 0.2) is 0 Å². The van der Waals surface area contributed by atoms with Crippen LogP contribution in [0.15, 0.2) is 24.3 Å². The van der Waals surface area contributed by atoms with Crippen molar-refractivity contribution in [2.24, 2.45) is 0 Å². The first kappa shape index (κ1) is 31.6. The molecule has 0 radical (unpaired) electrons. The van der Waals surface area contributed by atoms with Crippen LogP contribution in [0.2, 0.25) is 0 Å². The Kier molecular flexibility index (Phi) is 34.4. The van der Waals surface area contributed by atoms with Crippen LogP contribution in [0.5, 0.6) is 0 Å². The Morgan fingerprint density at radius 2 is 0.842 bits per heavy atom. The SMILES string of the molecule is O=C([O-])C=CC(=O)O.O=C([O-])C=CC(=O)[O-].[Na+].[Na+].[Na+]. The summed E-state index contributed by atoms with van der Waals surface area (Å²) in [7, 11) is 0. The fourth-order valence-electron chi connectivity index (χ4n) is 0.275. The Morgan fingerprint density at radius 3 is 0.947 bits per heavy atom. The van der Waals surface area contributed by atoms with Crippen molar-refractivity contribution in [3.05, 3.63) is 24.3 Å². The van der Waals surface area contributed by atoms with Gasteiger partial charge in [-0.3, -0.25) is 0 Å². The van der Waals surface area contributed by atoms with E-state index in [1.807, 2.05) is 0 Å². The standard InChI is InChI=1S/2C4H4O4.3Na/c2*5-3(6)1-2-4(7)8;;;/h2*1-2H,(H,5,6)(H,7,8);;;/q;;3*+1/p-3. The van der Waals surface area contributed by atoms with Crippen LogP contribution in [-0.4, -0.2) is 29.0 Å². The average molecular weight is 298 g/mol. The van der Waals surface area contributed by atoms with Gasteiger partial charge < -0.3 is 34.8 Å². The van der Waals surface area contributed by atoms with Crippen molar-refractivity contribution >= 4 is 23.9 Å². The van der Waals surface area contributed by atoms with Crippen LogP contribution in [0.1, 0.15) is 0 Å². The molecule has 19 heavy (non-hydrogen) atoms. The first-order valence-corrected chi connectivity index (χ1v) is 3.47. The molecule has 0 aliphatic heterocycles. The van der Waals surface area contributed by atoms with Gasteiger partial charge in [-0.1, -0.05) is 0 Å². The van der Waals surface area contributed by atoms with Crippen LogP contribution in [0.4, 0.5) is 0 Å². The zero-order chi connectivity index (χ0) is 13.1. The monoisotopic (exact) mass is 298 g/mol. The van der Waals surface area contributed by atoms with E-state index in [4.69, 9.17) is 5.11 Å². The third-order valence-corrected chi connectivity index (χ3v) is 0.717. The first-order chi connectivity index (χ1) is 7.25. The molecule has 0 bridgehead atoms. The van der Waals surface area contributed by atoms with Crippen molar-refractivity contribution in [2.75, 3.05) is 0 Å². The summed E-state index contributed by atoms with van der Waals surface area (Å²) < 4.78 is 0. The maximum absolute atomic E-state index is 9.53. The third-order valence-electron chi connectivity index (χ3n) is 0.717. The van der Waals surface area contributed by atoms with E-state index in [0.717, 1.165) is 0 Å². The molecule has 11 heteroatoms. The largest absolute Gasteiger partial charge is 1.00 e. The van der Waals surface area contributed by atoms with Crippen LogP contribution in [0.3, 0.4) is 0 Å². The van der Waals surface area contributed by atoms with Gasteiger partial charge in [0.25, 0.3) is 0 Å². The van der Waals surface area contributed by atoms with E-state index >= 15 is 0 Å². The topological polar surface area (TPSA) is 158 Å². The van der Waals surface area contributed by atoms with Crippen LogP contribution in [-0.2, 0) is 19.2 Å². The Bertz CT molecular complexity index is 284. The van der Waals surface area contributed by atoms with Gasteiger partial charge in [0.2, 0.25) is 0 Å². The fraction of sp³-hybridized carbons (Fsp3) is 0. The number of rotatable bonds is 4. The van der Waals surface area contributed by atoms with Gasteiger partial charge in [-0.05, 0) is 18.2 Å². The average Bonchev–Trinajstić information content (AvgIpc) is 2.12. The molecule has 0 aromatic heterocycles. The second kappa shape index (κ2) is 20.7. The van der Waals surface area contributed by atoms with Crippen molar-refractivity contribution in [3.63, 3.8) is 0 Å². The molecule has 0 aliphatic rings. The molecule has 0 spiro atoms. The molecule has 0 fully saturated rings. The molecule has 0 saturated carbocycles. The summed E-state index contributed by atoms with van der Waals surface area (Å²) in [6.07, 6.45) is 1.71. The maximum atomic E-state index is 9.53. The van der Waals surface area contributed by atoms with E-state index < -0.39 is 23.9 Å². The predicted octanol–water partition coefficient (Wildman–Crippen LogP) is -13.6. The Balaban J connectivity index is -0.0000000594. The van der Waals surface area contributed by atoms with Crippen LogP contribution < -0.4 is 104 Å². The van der Waals surface area contributed by atoms with Crippen molar-refractivity contribution in [2.45, 2.75) is 0 Å². The third kappa shape index (κ3) is 45.8. The molecule has 0 aromatic carbocycles. The number of carboxylic acids is 4. The summed E-state index contributed by atoms with van der Waals surface area (Å²) in [5.41, 5.74) is 0. The molecular weight excluding hydrogens is 293 g/mol. The number of carbonyl (C=O) groups excluding carboxylic acids is 3. The van der Waals surface area contributed by atoms with Crippen LogP contribution in [0, 0.1) is 0 Å². The molecular formula is C8H5Na3O8. The molecule has 88 valence electrons. The summed E-state index contributed by atoms with van der Waals surface area (Å²) in [5.74, 6) is -5.90. The molecule has 0 heterocycles. The number of carboxylic acid groups (broad SMARTS) is 4. The summed E-state index contributed by atoms with van der Waals surface area (Å²) >= 11 is 0. The van der Waals surface area contributed by atoms with Gasteiger partial charge in [0.05, 0.1) is 17.9 Å². The summed E-state index contributed by atoms with van der Waals surface area (Å²) in [5, 5.41) is 36.1. The van der Waals surface area contributed by atoms with E-state index in [9.17, 15) is 34.5 Å². The summed E-state index contributed by atoms with van der Waals surface area (Å²) in [4.78, 5) is 37.8. The molecule has 0 atom stereocenters. The van der Waals surface area contributed by atoms with Gasteiger partial charge in [0, 0.05) is 6.08 Å². The first-order valence-electron chi connectivity index (χ1n) is 3.47. The smallest absolute Gasteiger partial charge is 0.545 e. The zero-order valence-electron chi connectivity index (χ0n) is 10.6. The molecule has 0 unspecified atom stereocenters. The molecule has 1 N–H and O–H groups in total. The molecule has 0 saturated heterocycles. The van der Waals surface area contributed by atoms with Crippen LogP contribution in [0.25, 0.3) is 0 Å². The minimum Gasteiger partial charge on any atom is -0.545 e. The minimum absolute atomic E-state index is 0. The van der Waals surface area contributed by atoms with Crippen molar-refractivity contribution < 1.29 is 128 Å². The van der Waals surface area contributed by atoms with Gasteiger partial charge >= 0.3 is 94.6 Å². The Morgan fingerprint density at radius 1 is 0.632 bits per heavy atom. The maximum Gasteiger partial charge on any atom is 1.00 e. The molecule has 0 rings (SSSR count). The Labute approximate surface area is 174 Å². The van der Waals surface area contributed by atoms with E-state index in [0.29, 0.717) is 24.3 Å². The quantitative estimate of drug-likeness (QED) is 0.395. The second-order valence-corrected chi connectivity index (χ2v) is 1.96. The van der Waals surface area contributed by atoms with E-state index in [1.165, 1.54) is 0 Å². The molecule has 0 aromatic rings. The van der Waals surface area contributed by atoms with Crippen molar-refractivity contribution in [3.8, 4) is 0 Å². The van der Waals surface area contributed by atoms with Crippen molar-refractivity contribution in [1.82, 2.24) is 0 Å². The number of aliphatic carboxylic acids is 4. The Hall–Kier alpha value is 0.360. The summed E-state index contributed by atoms with van der Waals surface area (Å²) in [6.45, 7) is 0. The van der Waals surface area contributed by atoms with Gasteiger partial charge in [-0.15, -0.1) is 0 Å². The molecule has 8 nitrogen and oxygen atoms in total. The summed E-state index contributed by atoms with van der Waals surface area (Å²) in [6, 6.07) is 0. The van der Waals surface area contributed by atoms with E-state index in [2.05, 4.69) is 0 Å². The fourth-order valence-corrected chi connectivity index (χ4v) is 0.275. The number of hydrogen-bond donors (Lipinski definition) is 1. The number of carbonyl (C=O) groups is 4.